The molecule has 0 fully saturated rings. The Morgan fingerprint density at radius 2 is 2.26 bits per heavy atom. The lowest BCUT2D eigenvalue weighted by atomic mass is 10.4. The number of nitrogens with zero attached hydrogens (tertiary/aromatic N) is 2. The number of sulfonamides is 1. The summed E-state index contributed by atoms with van der Waals surface area (Å²) in [4.78, 5) is 1.17. The van der Waals surface area contributed by atoms with Crippen LogP contribution in [0.1, 0.15) is 16.8 Å². The quantitative estimate of drug-likeness (QED) is 0.831. The minimum absolute atomic E-state index is 0.104. The van der Waals surface area contributed by atoms with Gasteiger partial charge in [0.05, 0.1) is 5.75 Å². The van der Waals surface area contributed by atoms with Crippen molar-refractivity contribution in [3.63, 3.8) is 0 Å². The first-order chi connectivity index (χ1) is 8.94. The second-order valence-electron chi connectivity index (χ2n) is 4.08. The molecule has 2 aromatic heterocycles. The summed E-state index contributed by atoms with van der Waals surface area (Å²) in [5.74, 6) is -0.104. The number of hydrogen-bond donors (Lipinski definition) is 1. The Labute approximate surface area is 120 Å². The van der Waals surface area contributed by atoms with Crippen LogP contribution in [0.4, 0.5) is 5.13 Å². The van der Waals surface area contributed by atoms with Gasteiger partial charge in [-0.25, -0.2) is 8.42 Å². The van der Waals surface area contributed by atoms with Gasteiger partial charge < -0.3 is 0 Å². The SMILES string of the molecule is C=C(C)CS(=O)(=O)Nc1nnc(Cc2cccs2)s1. The molecule has 0 unspecified atom stereocenters. The predicted octanol–water partition coefficient (Wildman–Crippen LogP) is 2.51. The molecule has 0 bridgehead atoms. The zero-order valence-electron chi connectivity index (χ0n) is 10.3. The van der Waals surface area contributed by atoms with Crippen molar-refractivity contribution in [1.29, 1.82) is 0 Å². The zero-order valence-corrected chi connectivity index (χ0v) is 12.7. The van der Waals surface area contributed by atoms with Crippen LogP contribution in [0, 0.1) is 0 Å². The molecule has 0 saturated carbocycles. The van der Waals surface area contributed by atoms with E-state index < -0.39 is 10.0 Å². The molecule has 2 heterocycles. The third-order valence-electron chi connectivity index (χ3n) is 2.05. The Hall–Kier alpha value is -1.25. The molecule has 0 aromatic carbocycles. The van der Waals surface area contributed by atoms with Crippen LogP contribution in [0.15, 0.2) is 29.7 Å². The lowest BCUT2D eigenvalue weighted by molar-refractivity contribution is 0.603. The molecule has 2 aromatic rings. The van der Waals surface area contributed by atoms with Crippen LogP contribution in [0.5, 0.6) is 0 Å². The molecular formula is C11H13N3O2S3. The fraction of sp³-hybridized carbons (Fsp3) is 0.273. The van der Waals surface area contributed by atoms with E-state index in [1.54, 1.807) is 18.3 Å². The Morgan fingerprint density at radius 3 is 2.89 bits per heavy atom. The van der Waals surface area contributed by atoms with Crippen molar-refractivity contribution in [2.45, 2.75) is 13.3 Å². The van der Waals surface area contributed by atoms with Gasteiger partial charge in [0.2, 0.25) is 15.2 Å². The van der Waals surface area contributed by atoms with E-state index in [0.717, 1.165) is 5.01 Å². The van der Waals surface area contributed by atoms with Gasteiger partial charge in [-0.3, -0.25) is 4.72 Å². The van der Waals surface area contributed by atoms with Gasteiger partial charge in [0.1, 0.15) is 5.01 Å². The summed E-state index contributed by atoms with van der Waals surface area (Å²) < 4.78 is 25.8. The van der Waals surface area contributed by atoms with Crippen LogP contribution < -0.4 is 4.72 Å². The van der Waals surface area contributed by atoms with Crippen molar-refractivity contribution in [2.24, 2.45) is 0 Å². The van der Waals surface area contributed by atoms with Gasteiger partial charge in [0, 0.05) is 11.3 Å². The van der Waals surface area contributed by atoms with E-state index in [2.05, 4.69) is 21.5 Å². The third-order valence-corrected chi connectivity index (χ3v) is 5.27. The first kappa shape index (κ1) is 14.2. The van der Waals surface area contributed by atoms with Crippen LogP contribution in [0.2, 0.25) is 0 Å². The van der Waals surface area contributed by atoms with E-state index in [-0.39, 0.29) is 5.75 Å². The average Bonchev–Trinajstić information content (AvgIpc) is 2.88. The highest BCUT2D eigenvalue weighted by molar-refractivity contribution is 7.93. The number of rotatable bonds is 6. The standard InChI is InChI=1S/C11H13N3O2S3/c1-8(2)7-19(15,16)14-11-13-12-10(18-11)6-9-4-3-5-17-9/h3-5H,1,6-7H2,2H3,(H,13,14). The van der Waals surface area contributed by atoms with Crippen molar-refractivity contribution in [2.75, 3.05) is 10.5 Å². The fourth-order valence-electron chi connectivity index (χ4n) is 1.42. The smallest absolute Gasteiger partial charge is 0.238 e. The van der Waals surface area contributed by atoms with Gasteiger partial charge in [-0.2, -0.15) is 0 Å². The Balaban J connectivity index is 2.03. The maximum atomic E-state index is 11.7. The van der Waals surface area contributed by atoms with Gasteiger partial charge in [0.15, 0.2) is 0 Å². The van der Waals surface area contributed by atoms with Crippen molar-refractivity contribution in [3.8, 4) is 0 Å². The second-order valence-corrected chi connectivity index (χ2v) is 7.89. The Kier molecular flexibility index (Phi) is 4.33. The molecule has 0 aliphatic carbocycles. The summed E-state index contributed by atoms with van der Waals surface area (Å²) >= 11 is 2.89. The van der Waals surface area contributed by atoms with Gasteiger partial charge in [0.25, 0.3) is 0 Å². The molecule has 0 saturated heterocycles. The first-order valence-corrected chi connectivity index (χ1v) is 8.79. The predicted molar refractivity (Wildman–Crippen MR) is 79.3 cm³/mol. The second kappa shape index (κ2) is 5.81. The van der Waals surface area contributed by atoms with Gasteiger partial charge in [-0.05, 0) is 18.4 Å². The van der Waals surface area contributed by atoms with Gasteiger partial charge in [-0.15, -0.1) is 21.5 Å². The Bertz CT molecular complexity index is 659. The molecule has 19 heavy (non-hydrogen) atoms. The maximum absolute atomic E-state index is 11.7. The van der Waals surface area contributed by atoms with Crippen molar-refractivity contribution < 1.29 is 8.42 Å². The monoisotopic (exact) mass is 315 g/mol. The van der Waals surface area contributed by atoms with Crippen LogP contribution in [-0.4, -0.2) is 24.4 Å². The molecule has 0 radical (unpaired) electrons. The molecule has 8 heteroatoms. The summed E-state index contributed by atoms with van der Waals surface area (Å²) in [6.45, 7) is 5.25. The largest absolute Gasteiger partial charge is 0.257 e. The highest BCUT2D eigenvalue weighted by atomic mass is 32.2. The molecule has 1 N–H and O–H groups in total. The lowest BCUT2D eigenvalue weighted by Crippen LogP contribution is -2.16. The Morgan fingerprint density at radius 1 is 1.47 bits per heavy atom. The molecule has 0 spiro atoms. The highest BCUT2D eigenvalue weighted by Crippen LogP contribution is 2.21. The number of anilines is 1. The normalized spacial score (nSPS) is 11.4. The number of aromatic nitrogens is 2. The van der Waals surface area contributed by atoms with Crippen molar-refractivity contribution >= 4 is 37.8 Å². The summed E-state index contributed by atoms with van der Waals surface area (Å²) in [7, 11) is -3.42. The van der Waals surface area contributed by atoms with Crippen molar-refractivity contribution in [3.05, 3.63) is 39.5 Å². The summed E-state index contributed by atoms with van der Waals surface area (Å²) in [6.07, 6.45) is 0.678. The molecule has 102 valence electrons. The number of thiophene rings is 1. The van der Waals surface area contributed by atoms with E-state index >= 15 is 0 Å². The van der Waals surface area contributed by atoms with Crippen molar-refractivity contribution in [1.82, 2.24) is 10.2 Å². The molecule has 0 atom stereocenters. The van der Waals surface area contributed by atoms with E-state index in [9.17, 15) is 8.42 Å². The zero-order chi connectivity index (χ0) is 13.9. The summed E-state index contributed by atoms with van der Waals surface area (Å²) in [5.41, 5.74) is 0.579. The van der Waals surface area contributed by atoms with Crippen LogP contribution in [-0.2, 0) is 16.4 Å². The van der Waals surface area contributed by atoms with E-state index in [1.807, 2.05) is 17.5 Å². The fourth-order valence-corrected chi connectivity index (χ4v) is 4.41. The van der Waals surface area contributed by atoms with Crippen LogP contribution in [0.25, 0.3) is 0 Å². The van der Waals surface area contributed by atoms with Gasteiger partial charge >= 0.3 is 0 Å². The van der Waals surface area contributed by atoms with E-state index in [4.69, 9.17) is 0 Å². The highest BCUT2D eigenvalue weighted by Gasteiger charge is 2.14. The molecule has 5 nitrogen and oxygen atoms in total. The minimum Gasteiger partial charge on any atom is -0.257 e. The summed E-state index contributed by atoms with van der Waals surface area (Å²) in [6, 6.07) is 3.98. The van der Waals surface area contributed by atoms with E-state index in [0.29, 0.717) is 17.1 Å². The number of hydrogen-bond acceptors (Lipinski definition) is 6. The minimum atomic E-state index is -3.42. The van der Waals surface area contributed by atoms with Crippen LogP contribution >= 0.6 is 22.7 Å². The first-order valence-electron chi connectivity index (χ1n) is 5.44. The number of nitrogens with one attached hydrogen (secondary N) is 1. The molecule has 2 rings (SSSR count). The molecular weight excluding hydrogens is 302 g/mol. The summed E-state index contributed by atoms with van der Waals surface area (Å²) in [5, 5.41) is 10.9. The average molecular weight is 315 g/mol. The maximum Gasteiger partial charge on any atom is 0.238 e. The molecule has 0 amide bonds. The van der Waals surface area contributed by atoms with E-state index in [1.165, 1.54) is 16.2 Å². The molecule has 0 aliphatic rings. The third kappa shape index (κ3) is 4.41. The molecule has 0 aliphatic heterocycles. The van der Waals surface area contributed by atoms with Gasteiger partial charge in [-0.1, -0.05) is 29.6 Å². The lowest BCUT2D eigenvalue weighted by Gasteiger charge is -2.02. The van der Waals surface area contributed by atoms with Crippen LogP contribution in [0.3, 0.4) is 0 Å². The topological polar surface area (TPSA) is 72.0 Å².